The van der Waals surface area contributed by atoms with Gasteiger partial charge in [-0.25, -0.2) is 9.48 Å². The molecule has 0 fully saturated rings. The minimum atomic E-state index is -1.06. The minimum Gasteiger partial charge on any atom is -0.476 e. The van der Waals surface area contributed by atoms with E-state index in [0.29, 0.717) is 11.4 Å². The lowest BCUT2D eigenvalue weighted by molar-refractivity contribution is 0.0686. The molecular formula is C7H6N4O2S. The molecule has 0 saturated carbocycles. The summed E-state index contributed by atoms with van der Waals surface area (Å²) in [6, 6.07) is 1.71. The quantitative estimate of drug-likeness (QED) is 0.786. The Kier molecular flexibility index (Phi) is 2.01. The van der Waals surface area contributed by atoms with Gasteiger partial charge in [0.2, 0.25) is 0 Å². The summed E-state index contributed by atoms with van der Waals surface area (Å²) in [6.45, 7) is 0. The fourth-order valence-corrected chi connectivity index (χ4v) is 1.62. The van der Waals surface area contributed by atoms with Crippen molar-refractivity contribution in [2.24, 2.45) is 7.05 Å². The highest BCUT2D eigenvalue weighted by atomic mass is 32.1. The van der Waals surface area contributed by atoms with Gasteiger partial charge >= 0.3 is 5.97 Å². The van der Waals surface area contributed by atoms with Crippen LogP contribution in [0.25, 0.3) is 11.4 Å². The maximum absolute atomic E-state index is 10.9. The normalized spacial score (nSPS) is 10.4. The van der Waals surface area contributed by atoms with Crippen molar-refractivity contribution in [2.45, 2.75) is 0 Å². The summed E-state index contributed by atoms with van der Waals surface area (Å²) in [7, 11) is 1.53. The van der Waals surface area contributed by atoms with Gasteiger partial charge in [-0.2, -0.15) is 4.37 Å². The number of hydrogen-bond acceptors (Lipinski definition) is 5. The van der Waals surface area contributed by atoms with E-state index in [9.17, 15) is 4.79 Å². The first-order valence-electron chi connectivity index (χ1n) is 3.74. The maximum atomic E-state index is 10.9. The van der Waals surface area contributed by atoms with Crippen LogP contribution in [0, 0.1) is 0 Å². The van der Waals surface area contributed by atoms with Gasteiger partial charge in [-0.05, 0) is 17.6 Å². The molecule has 72 valence electrons. The van der Waals surface area contributed by atoms with E-state index in [2.05, 4.69) is 14.7 Å². The Morgan fingerprint density at radius 2 is 2.43 bits per heavy atom. The first kappa shape index (κ1) is 8.82. The SMILES string of the molecule is Cn1nnc(-c2ccsn2)c1C(=O)O. The highest BCUT2D eigenvalue weighted by molar-refractivity contribution is 7.03. The number of aromatic carboxylic acids is 1. The monoisotopic (exact) mass is 210 g/mol. The highest BCUT2D eigenvalue weighted by Gasteiger charge is 2.19. The van der Waals surface area contributed by atoms with E-state index in [1.54, 1.807) is 11.4 Å². The molecule has 0 spiro atoms. The molecule has 0 unspecified atom stereocenters. The van der Waals surface area contributed by atoms with Gasteiger partial charge in [-0.3, -0.25) is 0 Å². The van der Waals surface area contributed by atoms with Crippen molar-refractivity contribution in [3.05, 3.63) is 17.1 Å². The smallest absolute Gasteiger partial charge is 0.356 e. The van der Waals surface area contributed by atoms with E-state index in [1.807, 2.05) is 0 Å². The topological polar surface area (TPSA) is 80.9 Å². The number of hydrogen-bond donors (Lipinski definition) is 1. The van der Waals surface area contributed by atoms with Crippen molar-refractivity contribution in [1.29, 1.82) is 0 Å². The third-order valence-corrected chi connectivity index (χ3v) is 2.27. The standard InChI is InChI=1S/C7H6N4O2S/c1-11-6(7(12)13)5(8-10-11)4-2-3-14-9-4/h2-3H,1H3,(H,12,13). The zero-order valence-electron chi connectivity index (χ0n) is 7.21. The number of carboxylic acids is 1. The van der Waals surface area contributed by atoms with Crippen molar-refractivity contribution >= 4 is 17.5 Å². The van der Waals surface area contributed by atoms with Crippen molar-refractivity contribution in [3.63, 3.8) is 0 Å². The second-order valence-electron chi connectivity index (χ2n) is 2.60. The second kappa shape index (κ2) is 3.18. The largest absolute Gasteiger partial charge is 0.476 e. The molecule has 2 heterocycles. The average Bonchev–Trinajstić information content (AvgIpc) is 2.70. The van der Waals surface area contributed by atoms with Gasteiger partial charge in [0.15, 0.2) is 5.69 Å². The zero-order chi connectivity index (χ0) is 10.1. The Morgan fingerprint density at radius 1 is 1.64 bits per heavy atom. The van der Waals surface area contributed by atoms with E-state index in [-0.39, 0.29) is 5.69 Å². The van der Waals surface area contributed by atoms with Crippen molar-refractivity contribution in [3.8, 4) is 11.4 Å². The van der Waals surface area contributed by atoms with Gasteiger partial charge in [0, 0.05) is 12.4 Å². The Bertz CT molecular complexity index is 462. The summed E-state index contributed by atoms with van der Waals surface area (Å²) in [5.74, 6) is -1.06. The molecule has 0 bridgehead atoms. The zero-order valence-corrected chi connectivity index (χ0v) is 8.02. The molecule has 0 aromatic carbocycles. The average molecular weight is 210 g/mol. The van der Waals surface area contributed by atoms with Crippen molar-refractivity contribution in [1.82, 2.24) is 19.4 Å². The minimum absolute atomic E-state index is 0.0518. The van der Waals surface area contributed by atoms with Crippen molar-refractivity contribution in [2.75, 3.05) is 0 Å². The van der Waals surface area contributed by atoms with Crippen molar-refractivity contribution < 1.29 is 9.90 Å². The molecule has 0 amide bonds. The lowest BCUT2D eigenvalue weighted by Gasteiger charge is -1.94. The van der Waals surface area contributed by atoms with E-state index < -0.39 is 5.97 Å². The molecule has 7 heteroatoms. The Hall–Kier alpha value is -1.76. The van der Waals surface area contributed by atoms with Crippen LogP contribution in [0.1, 0.15) is 10.5 Å². The molecule has 14 heavy (non-hydrogen) atoms. The van der Waals surface area contributed by atoms with Gasteiger partial charge < -0.3 is 5.11 Å². The molecule has 2 rings (SSSR count). The number of aryl methyl sites for hydroxylation is 1. The molecule has 1 N–H and O–H groups in total. The van der Waals surface area contributed by atoms with Crippen LogP contribution in [0.5, 0.6) is 0 Å². The lowest BCUT2D eigenvalue weighted by atomic mass is 10.2. The predicted molar refractivity (Wildman–Crippen MR) is 49.1 cm³/mol. The van der Waals surface area contributed by atoms with Crippen LogP contribution in [0.2, 0.25) is 0 Å². The molecule has 2 aromatic rings. The van der Waals surface area contributed by atoms with E-state index in [1.165, 1.54) is 23.3 Å². The molecular weight excluding hydrogens is 204 g/mol. The Labute approximate surface area is 83.0 Å². The predicted octanol–water partition coefficient (Wildman–Crippen LogP) is 0.637. The van der Waals surface area contributed by atoms with Crippen LogP contribution in [0.15, 0.2) is 11.4 Å². The molecule has 2 aromatic heterocycles. The molecule has 0 saturated heterocycles. The number of rotatable bonds is 2. The van der Waals surface area contributed by atoms with Gasteiger partial charge in [-0.15, -0.1) is 5.10 Å². The fourth-order valence-electron chi connectivity index (χ4n) is 1.10. The third-order valence-electron chi connectivity index (χ3n) is 1.71. The number of aromatic nitrogens is 4. The van der Waals surface area contributed by atoms with Gasteiger partial charge in [0.1, 0.15) is 11.4 Å². The molecule has 0 aliphatic carbocycles. The molecule has 0 aliphatic rings. The molecule has 6 nitrogen and oxygen atoms in total. The van der Waals surface area contributed by atoms with Gasteiger partial charge in [0.05, 0.1) is 0 Å². The van der Waals surface area contributed by atoms with Gasteiger partial charge in [0.25, 0.3) is 0 Å². The summed E-state index contributed by atoms with van der Waals surface area (Å²) in [5.41, 5.74) is 0.901. The summed E-state index contributed by atoms with van der Waals surface area (Å²) in [5, 5.41) is 18.1. The summed E-state index contributed by atoms with van der Waals surface area (Å²) < 4.78 is 5.22. The summed E-state index contributed by atoms with van der Waals surface area (Å²) >= 11 is 1.24. The van der Waals surface area contributed by atoms with Crippen LogP contribution < -0.4 is 0 Å². The number of nitrogens with zero attached hydrogens (tertiary/aromatic N) is 4. The van der Waals surface area contributed by atoms with E-state index in [4.69, 9.17) is 5.11 Å². The van der Waals surface area contributed by atoms with Crippen LogP contribution in [0.3, 0.4) is 0 Å². The Morgan fingerprint density at radius 3 is 3.00 bits per heavy atom. The summed E-state index contributed by atoms with van der Waals surface area (Å²) in [4.78, 5) is 10.9. The van der Waals surface area contributed by atoms with E-state index >= 15 is 0 Å². The van der Waals surface area contributed by atoms with Crippen LogP contribution in [-0.2, 0) is 7.05 Å². The first-order valence-corrected chi connectivity index (χ1v) is 4.57. The van der Waals surface area contributed by atoms with Gasteiger partial charge in [-0.1, -0.05) is 5.21 Å². The fraction of sp³-hybridized carbons (Fsp3) is 0.143. The molecule has 0 aliphatic heterocycles. The Balaban J connectivity index is 2.60. The van der Waals surface area contributed by atoms with Crippen LogP contribution in [-0.4, -0.2) is 30.4 Å². The first-order chi connectivity index (χ1) is 6.70. The number of carboxylic acid groups (broad SMARTS) is 1. The lowest BCUT2D eigenvalue weighted by Crippen LogP contribution is -2.06. The highest BCUT2D eigenvalue weighted by Crippen LogP contribution is 2.19. The molecule has 0 atom stereocenters. The maximum Gasteiger partial charge on any atom is 0.356 e. The molecule has 0 radical (unpaired) electrons. The number of carbonyl (C=O) groups is 1. The van der Waals surface area contributed by atoms with Crippen LogP contribution >= 0.6 is 11.5 Å². The third kappa shape index (κ3) is 1.27. The van der Waals surface area contributed by atoms with E-state index in [0.717, 1.165) is 0 Å². The van der Waals surface area contributed by atoms with Crippen LogP contribution in [0.4, 0.5) is 0 Å². The summed E-state index contributed by atoms with van der Waals surface area (Å²) in [6.07, 6.45) is 0. The second-order valence-corrected chi connectivity index (χ2v) is 3.27.